The molecule has 0 aliphatic carbocycles. The van der Waals surface area contributed by atoms with Crippen LogP contribution in [0.4, 0.5) is 5.69 Å². The Morgan fingerprint density at radius 1 is 1.03 bits per heavy atom. The van der Waals surface area contributed by atoms with E-state index in [1.807, 2.05) is 72.8 Å². The second-order valence-electron chi connectivity index (χ2n) is 8.55. The predicted octanol–water partition coefficient (Wildman–Crippen LogP) is 6.15. The normalized spacial score (nSPS) is 17.5. The number of nitrogens with zero attached hydrogens (tertiary/aromatic N) is 3. The van der Waals surface area contributed by atoms with Gasteiger partial charge in [0.25, 0.3) is 0 Å². The summed E-state index contributed by atoms with van der Waals surface area (Å²) in [5.74, 6) is 1.92. The number of hydrogen-bond donors (Lipinski definition) is 0. The molecule has 36 heavy (non-hydrogen) atoms. The number of rotatable bonds is 6. The highest BCUT2D eigenvalue weighted by Crippen LogP contribution is 2.43. The van der Waals surface area contributed by atoms with E-state index in [4.69, 9.17) is 21.1 Å². The Morgan fingerprint density at radius 3 is 2.39 bits per heavy atom. The van der Waals surface area contributed by atoms with Crippen LogP contribution in [-0.2, 0) is 11.4 Å². The Bertz CT molecular complexity index is 1320. The van der Waals surface area contributed by atoms with Gasteiger partial charge in [0.15, 0.2) is 0 Å². The van der Waals surface area contributed by atoms with E-state index in [2.05, 4.69) is 11.0 Å². The fourth-order valence-corrected chi connectivity index (χ4v) is 5.64. The van der Waals surface area contributed by atoms with E-state index in [0.29, 0.717) is 29.7 Å². The molecule has 5 rings (SSSR count). The molecule has 3 aromatic carbocycles. The van der Waals surface area contributed by atoms with Crippen molar-refractivity contribution in [2.45, 2.75) is 18.9 Å². The summed E-state index contributed by atoms with van der Waals surface area (Å²) < 4.78 is 11.1. The molecule has 2 aliphatic rings. The molecular weight excluding hydrogens is 494 g/mol. The molecule has 182 valence electrons. The molecule has 1 atom stereocenters. The van der Waals surface area contributed by atoms with Crippen molar-refractivity contribution in [3.8, 4) is 17.6 Å². The van der Waals surface area contributed by atoms with Gasteiger partial charge in [-0.05, 0) is 59.7 Å². The standard InChI is InChI=1S/C28H24ClN3O3S/c1-34-23-12-8-22(9-13-23)31-17-32-27(33)14-25(26(15-30)28(32)36-18-31)20-4-10-24(11-5-20)35-16-19-2-6-21(29)7-3-19/h2-13,25H,14,16-18H2,1H3/t25-/m1/s1. The number of ether oxygens (including phenoxy) is 2. The highest BCUT2D eigenvalue weighted by atomic mass is 35.5. The molecule has 0 saturated carbocycles. The number of hydrogen-bond acceptors (Lipinski definition) is 6. The Morgan fingerprint density at radius 2 is 1.72 bits per heavy atom. The van der Waals surface area contributed by atoms with Gasteiger partial charge in [0.05, 0.1) is 36.3 Å². The van der Waals surface area contributed by atoms with E-state index < -0.39 is 0 Å². The second kappa shape index (κ2) is 10.6. The zero-order valence-corrected chi connectivity index (χ0v) is 21.3. The topological polar surface area (TPSA) is 65.8 Å². The molecule has 0 radical (unpaired) electrons. The number of nitriles is 1. The van der Waals surface area contributed by atoms with E-state index in [9.17, 15) is 10.1 Å². The lowest BCUT2D eigenvalue weighted by molar-refractivity contribution is -0.129. The minimum atomic E-state index is -0.265. The van der Waals surface area contributed by atoms with Gasteiger partial charge in [0.2, 0.25) is 5.91 Å². The number of carbonyl (C=O) groups excluding carboxylic acids is 1. The van der Waals surface area contributed by atoms with Gasteiger partial charge < -0.3 is 14.4 Å². The fraction of sp³-hybridized carbons (Fsp3) is 0.214. The molecule has 1 saturated heterocycles. The van der Waals surface area contributed by atoms with Crippen LogP contribution < -0.4 is 14.4 Å². The summed E-state index contributed by atoms with van der Waals surface area (Å²) in [5.41, 5.74) is 3.61. The highest BCUT2D eigenvalue weighted by molar-refractivity contribution is 8.03. The third kappa shape index (κ3) is 5.01. The van der Waals surface area contributed by atoms with Crippen LogP contribution in [0.25, 0.3) is 0 Å². The van der Waals surface area contributed by atoms with E-state index in [-0.39, 0.29) is 18.2 Å². The lowest BCUT2D eigenvalue weighted by atomic mass is 9.86. The summed E-state index contributed by atoms with van der Waals surface area (Å²) >= 11 is 7.47. The lowest BCUT2D eigenvalue weighted by Crippen LogP contribution is -2.47. The van der Waals surface area contributed by atoms with Crippen molar-refractivity contribution >= 4 is 35.0 Å². The molecule has 0 bridgehead atoms. The van der Waals surface area contributed by atoms with Gasteiger partial charge in [0.1, 0.15) is 18.1 Å². The first-order valence-electron chi connectivity index (χ1n) is 11.5. The molecule has 0 unspecified atom stereocenters. The van der Waals surface area contributed by atoms with Gasteiger partial charge in [0, 0.05) is 23.0 Å². The molecule has 8 heteroatoms. The summed E-state index contributed by atoms with van der Waals surface area (Å²) in [6, 6.07) is 25.4. The summed E-state index contributed by atoms with van der Waals surface area (Å²) in [4.78, 5) is 17.0. The molecule has 3 aromatic rings. The first-order valence-corrected chi connectivity index (χ1v) is 12.9. The summed E-state index contributed by atoms with van der Waals surface area (Å²) in [6.45, 7) is 0.852. The van der Waals surface area contributed by atoms with Crippen molar-refractivity contribution in [1.29, 1.82) is 5.26 Å². The van der Waals surface area contributed by atoms with Gasteiger partial charge in [-0.1, -0.05) is 47.6 Å². The van der Waals surface area contributed by atoms with Crippen LogP contribution in [0.5, 0.6) is 11.5 Å². The van der Waals surface area contributed by atoms with Crippen LogP contribution in [0, 0.1) is 11.3 Å². The van der Waals surface area contributed by atoms with Crippen molar-refractivity contribution in [3.63, 3.8) is 0 Å². The summed E-state index contributed by atoms with van der Waals surface area (Å²) in [6.07, 6.45) is 0.258. The number of methoxy groups -OCH3 is 1. The number of carbonyl (C=O) groups is 1. The van der Waals surface area contributed by atoms with Crippen LogP contribution >= 0.6 is 23.4 Å². The SMILES string of the molecule is COc1ccc(N2CSC3=C(C#N)[C@@H](c4ccc(OCc5ccc(Cl)cc5)cc4)CC(=O)N3C2)cc1. The molecule has 0 aromatic heterocycles. The smallest absolute Gasteiger partial charge is 0.229 e. The minimum Gasteiger partial charge on any atom is -0.497 e. The first-order chi connectivity index (χ1) is 17.6. The number of fused-ring (bicyclic) bond motifs is 1. The highest BCUT2D eigenvalue weighted by Gasteiger charge is 2.38. The number of allylic oxidation sites excluding steroid dienone is 1. The quantitative estimate of drug-likeness (QED) is 0.391. The number of amides is 1. The zero-order valence-electron chi connectivity index (χ0n) is 19.7. The van der Waals surface area contributed by atoms with Crippen LogP contribution in [0.15, 0.2) is 83.4 Å². The first kappa shape index (κ1) is 24.1. The summed E-state index contributed by atoms with van der Waals surface area (Å²) in [7, 11) is 1.64. The number of thioether (sulfide) groups is 1. The molecule has 2 heterocycles. The Kier molecular flexibility index (Phi) is 7.08. The zero-order chi connectivity index (χ0) is 25.1. The Hall–Kier alpha value is -3.60. The molecular formula is C28H24ClN3O3S. The van der Waals surface area contributed by atoms with Gasteiger partial charge in [-0.15, -0.1) is 0 Å². The van der Waals surface area contributed by atoms with E-state index in [0.717, 1.165) is 33.3 Å². The van der Waals surface area contributed by atoms with Crippen LogP contribution in [0.1, 0.15) is 23.5 Å². The van der Waals surface area contributed by atoms with Gasteiger partial charge in [-0.3, -0.25) is 9.69 Å². The van der Waals surface area contributed by atoms with E-state index in [1.54, 1.807) is 12.0 Å². The second-order valence-corrected chi connectivity index (χ2v) is 9.92. The maximum Gasteiger partial charge on any atom is 0.229 e. The Balaban J connectivity index is 1.30. The Labute approximate surface area is 219 Å². The van der Waals surface area contributed by atoms with Crippen molar-refractivity contribution in [2.75, 3.05) is 24.6 Å². The van der Waals surface area contributed by atoms with Crippen molar-refractivity contribution in [2.24, 2.45) is 0 Å². The third-order valence-electron chi connectivity index (χ3n) is 6.33. The fourth-order valence-electron chi connectivity index (χ4n) is 4.35. The maximum atomic E-state index is 13.2. The largest absolute Gasteiger partial charge is 0.497 e. The molecule has 0 spiro atoms. The third-order valence-corrected chi connectivity index (χ3v) is 7.74. The van der Waals surface area contributed by atoms with Crippen LogP contribution in [-0.4, -0.2) is 30.5 Å². The molecule has 6 nitrogen and oxygen atoms in total. The molecule has 0 N–H and O–H groups in total. The van der Waals surface area contributed by atoms with Gasteiger partial charge in [-0.25, -0.2) is 0 Å². The van der Waals surface area contributed by atoms with Crippen molar-refractivity contribution in [3.05, 3.63) is 99.5 Å². The number of anilines is 1. The molecule has 1 amide bonds. The van der Waals surface area contributed by atoms with Gasteiger partial charge in [-0.2, -0.15) is 5.26 Å². The van der Waals surface area contributed by atoms with Crippen molar-refractivity contribution < 1.29 is 14.3 Å². The average molecular weight is 518 g/mol. The van der Waals surface area contributed by atoms with Crippen LogP contribution in [0.2, 0.25) is 5.02 Å². The van der Waals surface area contributed by atoms with Crippen molar-refractivity contribution in [1.82, 2.24) is 4.90 Å². The average Bonchev–Trinajstić information content (AvgIpc) is 2.93. The monoisotopic (exact) mass is 517 g/mol. The predicted molar refractivity (Wildman–Crippen MR) is 142 cm³/mol. The summed E-state index contributed by atoms with van der Waals surface area (Å²) in [5, 5.41) is 11.5. The maximum absolute atomic E-state index is 13.2. The minimum absolute atomic E-state index is 0.0165. The van der Waals surface area contributed by atoms with E-state index >= 15 is 0 Å². The van der Waals surface area contributed by atoms with Gasteiger partial charge >= 0.3 is 0 Å². The molecule has 2 aliphatic heterocycles. The number of halogens is 1. The van der Waals surface area contributed by atoms with Crippen LogP contribution in [0.3, 0.4) is 0 Å². The molecule has 1 fully saturated rings. The van der Waals surface area contributed by atoms with E-state index in [1.165, 1.54) is 11.8 Å². The number of benzene rings is 3. The lowest BCUT2D eigenvalue weighted by Gasteiger charge is -2.42.